The summed E-state index contributed by atoms with van der Waals surface area (Å²) in [4.78, 5) is 10.5. The number of rotatable bonds is 4. The highest BCUT2D eigenvalue weighted by atomic mass is 28.3. The lowest BCUT2D eigenvalue weighted by Crippen LogP contribution is -2.37. The van der Waals surface area contributed by atoms with Crippen molar-refractivity contribution in [1.29, 1.82) is 0 Å². The van der Waals surface area contributed by atoms with Crippen LogP contribution in [0.15, 0.2) is 0 Å². The molecule has 0 aromatic rings. The zero-order valence-corrected chi connectivity index (χ0v) is 7.84. The van der Waals surface area contributed by atoms with Gasteiger partial charge in [0.2, 0.25) is 0 Å². The van der Waals surface area contributed by atoms with Crippen molar-refractivity contribution in [3.05, 3.63) is 0 Å². The molecule has 5 nitrogen and oxygen atoms in total. The summed E-state index contributed by atoms with van der Waals surface area (Å²) in [6, 6.07) is 0. The van der Waals surface area contributed by atoms with Crippen LogP contribution in [0.3, 0.4) is 0 Å². The Bertz CT molecular complexity index is 117. The molecule has 65 valence electrons. The minimum absolute atomic E-state index is 0.379. The standard InChI is InChI=1S/C5H12NO4Si/c1-8-5(7)6-4-11(9-2)10-3/h4H2,1-3H3,(H,6,7). The van der Waals surface area contributed by atoms with Gasteiger partial charge in [-0.05, 0) is 0 Å². The molecule has 0 saturated carbocycles. The summed E-state index contributed by atoms with van der Waals surface area (Å²) in [5, 5.41) is 2.47. The van der Waals surface area contributed by atoms with Gasteiger partial charge in [-0.2, -0.15) is 0 Å². The highest BCUT2D eigenvalue weighted by Gasteiger charge is 2.12. The zero-order chi connectivity index (χ0) is 8.69. The zero-order valence-electron chi connectivity index (χ0n) is 6.84. The molecule has 11 heavy (non-hydrogen) atoms. The van der Waals surface area contributed by atoms with Crippen molar-refractivity contribution in [2.24, 2.45) is 0 Å². The Morgan fingerprint density at radius 3 is 2.27 bits per heavy atom. The molecular formula is C5H12NO4Si. The number of ether oxygens (including phenoxy) is 1. The molecule has 0 rings (SSSR count). The smallest absolute Gasteiger partial charge is 0.406 e. The topological polar surface area (TPSA) is 56.8 Å². The predicted octanol–water partition coefficient (Wildman–Crippen LogP) is -0.337. The van der Waals surface area contributed by atoms with E-state index in [1.807, 2.05) is 0 Å². The number of methoxy groups -OCH3 is 1. The fourth-order valence-corrected chi connectivity index (χ4v) is 1.19. The first-order chi connectivity index (χ1) is 5.24. The van der Waals surface area contributed by atoms with Crippen molar-refractivity contribution in [3.63, 3.8) is 0 Å². The fraction of sp³-hybridized carbons (Fsp3) is 0.800. The summed E-state index contributed by atoms with van der Waals surface area (Å²) in [6.07, 6.45) is -0.0914. The van der Waals surface area contributed by atoms with E-state index in [-0.39, 0.29) is 0 Å². The number of hydrogen-bond acceptors (Lipinski definition) is 4. The molecule has 0 heterocycles. The lowest BCUT2D eigenvalue weighted by molar-refractivity contribution is 0.170. The first-order valence-electron chi connectivity index (χ1n) is 3.00. The Kier molecular flexibility index (Phi) is 5.81. The van der Waals surface area contributed by atoms with Crippen molar-refractivity contribution < 1.29 is 18.4 Å². The van der Waals surface area contributed by atoms with Gasteiger partial charge in [0.05, 0.1) is 13.3 Å². The summed E-state index contributed by atoms with van der Waals surface area (Å²) in [5.74, 6) is 0. The number of nitrogens with one attached hydrogen (secondary N) is 1. The Balaban J connectivity index is 3.42. The van der Waals surface area contributed by atoms with E-state index >= 15 is 0 Å². The minimum Gasteiger partial charge on any atom is -0.453 e. The van der Waals surface area contributed by atoms with E-state index in [4.69, 9.17) is 8.85 Å². The number of amides is 1. The van der Waals surface area contributed by atoms with E-state index < -0.39 is 15.4 Å². The second kappa shape index (κ2) is 6.14. The third-order valence-electron chi connectivity index (χ3n) is 1.02. The van der Waals surface area contributed by atoms with Crippen LogP contribution in [0.4, 0.5) is 4.79 Å². The van der Waals surface area contributed by atoms with Crippen LogP contribution in [-0.4, -0.2) is 42.9 Å². The lowest BCUT2D eigenvalue weighted by atomic mass is 11.1. The summed E-state index contributed by atoms with van der Waals surface area (Å²) in [7, 11) is 3.04. The Morgan fingerprint density at radius 2 is 1.91 bits per heavy atom. The summed E-state index contributed by atoms with van der Waals surface area (Å²) in [6.45, 7) is 0. The number of hydrogen-bond donors (Lipinski definition) is 1. The Morgan fingerprint density at radius 1 is 1.36 bits per heavy atom. The summed E-state index contributed by atoms with van der Waals surface area (Å²) >= 11 is 0. The molecule has 0 saturated heterocycles. The number of alkyl carbamates (subject to hydrolysis) is 1. The van der Waals surface area contributed by atoms with Crippen LogP contribution in [0.5, 0.6) is 0 Å². The first-order valence-corrected chi connectivity index (χ1v) is 4.52. The summed E-state index contributed by atoms with van der Waals surface area (Å²) < 4.78 is 14.2. The van der Waals surface area contributed by atoms with Crippen molar-refractivity contribution in [3.8, 4) is 0 Å². The van der Waals surface area contributed by atoms with Gasteiger partial charge in [-0.25, -0.2) is 4.79 Å². The fourth-order valence-electron chi connectivity index (χ4n) is 0.444. The van der Waals surface area contributed by atoms with Crippen molar-refractivity contribution in [2.45, 2.75) is 0 Å². The van der Waals surface area contributed by atoms with Crippen LogP contribution in [0.2, 0.25) is 0 Å². The molecule has 1 amide bonds. The van der Waals surface area contributed by atoms with Crippen molar-refractivity contribution in [1.82, 2.24) is 5.32 Å². The quantitative estimate of drug-likeness (QED) is 0.598. The average Bonchev–Trinajstić information content (AvgIpc) is 2.06. The molecule has 0 spiro atoms. The van der Waals surface area contributed by atoms with Crippen LogP contribution in [-0.2, 0) is 13.6 Å². The second-order valence-corrected chi connectivity index (χ2v) is 3.54. The lowest BCUT2D eigenvalue weighted by Gasteiger charge is -2.08. The molecule has 0 aliphatic heterocycles. The molecule has 0 unspecified atom stereocenters. The van der Waals surface area contributed by atoms with Crippen LogP contribution < -0.4 is 5.32 Å². The number of carbonyl (C=O) groups is 1. The van der Waals surface area contributed by atoms with Gasteiger partial charge in [0.1, 0.15) is 0 Å². The van der Waals surface area contributed by atoms with Gasteiger partial charge in [0.25, 0.3) is 0 Å². The van der Waals surface area contributed by atoms with Gasteiger partial charge < -0.3 is 18.9 Å². The maximum Gasteiger partial charge on any atom is 0.406 e. The Hall–Kier alpha value is -0.593. The monoisotopic (exact) mass is 178 g/mol. The largest absolute Gasteiger partial charge is 0.453 e. The molecule has 0 aliphatic carbocycles. The molecule has 0 aromatic heterocycles. The van der Waals surface area contributed by atoms with Crippen LogP contribution >= 0.6 is 0 Å². The van der Waals surface area contributed by atoms with Gasteiger partial charge in [-0.15, -0.1) is 0 Å². The van der Waals surface area contributed by atoms with Gasteiger partial charge in [-0.3, -0.25) is 0 Å². The first kappa shape index (κ1) is 10.4. The average molecular weight is 178 g/mol. The van der Waals surface area contributed by atoms with E-state index in [1.54, 1.807) is 0 Å². The minimum atomic E-state index is -1.34. The number of carbonyl (C=O) groups excluding carboxylic acids is 1. The maximum absolute atomic E-state index is 10.5. The van der Waals surface area contributed by atoms with Gasteiger partial charge >= 0.3 is 15.4 Å². The molecule has 1 N–H and O–H groups in total. The molecule has 0 fully saturated rings. The second-order valence-electron chi connectivity index (χ2n) is 1.63. The van der Waals surface area contributed by atoms with Crippen LogP contribution in [0.25, 0.3) is 0 Å². The van der Waals surface area contributed by atoms with E-state index in [9.17, 15) is 4.79 Å². The SMILES string of the molecule is COC(=O)NC[Si](OC)OC. The molecular weight excluding hydrogens is 166 g/mol. The molecule has 0 atom stereocenters. The normalized spacial score (nSPS) is 9.82. The molecule has 1 radical (unpaired) electrons. The van der Waals surface area contributed by atoms with E-state index in [1.165, 1.54) is 21.3 Å². The van der Waals surface area contributed by atoms with Crippen LogP contribution in [0.1, 0.15) is 0 Å². The van der Waals surface area contributed by atoms with E-state index in [2.05, 4.69) is 10.1 Å². The molecule has 0 bridgehead atoms. The van der Waals surface area contributed by atoms with Gasteiger partial charge in [-0.1, -0.05) is 0 Å². The highest BCUT2D eigenvalue weighted by Crippen LogP contribution is 1.82. The molecule has 0 aromatic carbocycles. The van der Waals surface area contributed by atoms with E-state index in [0.717, 1.165) is 0 Å². The summed E-state index contributed by atoms with van der Waals surface area (Å²) in [5.41, 5.74) is 0. The van der Waals surface area contributed by atoms with Gasteiger partial charge in [0.15, 0.2) is 0 Å². The van der Waals surface area contributed by atoms with Gasteiger partial charge in [0, 0.05) is 14.2 Å². The molecule has 0 aliphatic rings. The highest BCUT2D eigenvalue weighted by molar-refractivity contribution is 6.44. The third-order valence-corrected chi connectivity index (χ3v) is 2.39. The Labute approximate surface area is 67.5 Å². The maximum atomic E-state index is 10.5. The van der Waals surface area contributed by atoms with Crippen molar-refractivity contribution >= 4 is 15.4 Å². The third kappa shape index (κ3) is 4.77. The molecule has 6 heteroatoms. The van der Waals surface area contributed by atoms with E-state index in [0.29, 0.717) is 6.17 Å². The van der Waals surface area contributed by atoms with Crippen molar-refractivity contribution in [2.75, 3.05) is 27.5 Å². The predicted molar refractivity (Wildman–Crippen MR) is 40.2 cm³/mol. The van der Waals surface area contributed by atoms with Crippen LogP contribution in [0, 0.1) is 0 Å².